The van der Waals surface area contributed by atoms with Gasteiger partial charge in [0.1, 0.15) is 5.75 Å². The first-order valence-corrected chi connectivity index (χ1v) is 9.88. The minimum Gasteiger partial charge on any atom is -0.484 e. The molecule has 0 N–H and O–H groups in total. The van der Waals surface area contributed by atoms with Gasteiger partial charge in [-0.15, -0.1) is 0 Å². The van der Waals surface area contributed by atoms with E-state index in [0.29, 0.717) is 28.4 Å². The van der Waals surface area contributed by atoms with Crippen molar-refractivity contribution in [3.8, 4) is 5.75 Å². The molecule has 0 bridgehead atoms. The first-order chi connectivity index (χ1) is 14.0. The van der Waals surface area contributed by atoms with E-state index in [4.69, 9.17) is 16.3 Å². The average molecular weight is 409 g/mol. The second-order valence-electron chi connectivity index (χ2n) is 7.04. The van der Waals surface area contributed by atoms with Crippen molar-refractivity contribution in [3.05, 3.63) is 88.7 Å². The number of carbonyl (C=O) groups excluding carboxylic acids is 2. The minimum atomic E-state index is -0.0885. The molecular formula is C23H21ClN2O3. The molecular weight excluding hydrogens is 388 g/mol. The molecule has 29 heavy (non-hydrogen) atoms. The first-order valence-electron chi connectivity index (χ1n) is 9.50. The quantitative estimate of drug-likeness (QED) is 0.589. The van der Waals surface area contributed by atoms with Crippen molar-refractivity contribution in [1.29, 1.82) is 0 Å². The molecule has 0 saturated carbocycles. The van der Waals surface area contributed by atoms with Crippen molar-refractivity contribution in [3.63, 3.8) is 0 Å². The number of hydrogen-bond donors (Lipinski definition) is 0. The van der Waals surface area contributed by atoms with Crippen molar-refractivity contribution >= 4 is 23.3 Å². The maximum Gasteiger partial charge on any atom is 0.261 e. The van der Waals surface area contributed by atoms with Gasteiger partial charge in [0.05, 0.1) is 6.04 Å². The Bertz CT molecular complexity index is 1030. The van der Waals surface area contributed by atoms with E-state index in [0.717, 1.165) is 12.2 Å². The number of nitrogens with zero attached hydrogens (tertiary/aromatic N) is 2. The molecule has 1 atom stereocenters. The van der Waals surface area contributed by atoms with E-state index in [-0.39, 0.29) is 24.3 Å². The summed E-state index contributed by atoms with van der Waals surface area (Å²) >= 11 is 5.87. The van der Waals surface area contributed by atoms with E-state index >= 15 is 0 Å². The predicted octanol–water partition coefficient (Wildman–Crippen LogP) is 4.35. The third-order valence-electron chi connectivity index (χ3n) is 5.25. The average Bonchev–Trinajstić information content (AvgIpc) is 3.22. The molecule has 0 aliphatic carbocycles. The summed E-state index contributed by atoms with van der Waals surface area (Å²) in [5, 5.41) is 0.589. The SMILES string of the molecule is CC1c2cccn2CCN1C(=O)COc1ccc(C(=O)c2ccc(Cl)cc2)cc1. The number of benzene rings is 2. The van der Waals surface area contributed by atoms with E-state index in [9.17, 15) is 9.59 Å². The highest BCUT2D eigenvalue weighted by molar-refractivity contribution is 6.30. The van der Waals surface area contributed by atoms with Crippen LogP contribution in [0.1, 0.15) is 34.6 Å². The number of ether oxygens (including phenoxy) is 1. The molecule has 148 valence electrons. The van der Waals surface area contributed by atoms with Crippen LogP contribution in [0, 0.1) is 0 Å². The predicted molar refractivity (Wildman–Crippen MR) is 111 cm³/mol. The van der Waals surface area contributed by atoms with Gasteiger partial charge in [-0.2, -0.15) is 0 Å². The van der Waals surface area contributed by atoms with Gasteiger partial charge >= 0.3 is 0 Å². The Morgan fingerprint density at radius 3 is 2.34 bits per heavy atom. The number of halogens is 1. The second-order valence-corrected chi connectivity index (χ2v) is 7.48. The summed E-state index contributed by atoms with van der Waals surface area (Å²) in [6, 6.07) is 17.7. The van der Waals surface area contributed by atoms with E-state index in [1.165, 1.54) is 0 Å². The maximum absolute atomic E-state index is 12.6. The zero-order chi connectivity index (χ0) is 20.4. The lowest BCUT2D eigenvalue weighted by Crippen LogP contribution is -2.42. The van der Waals surface area contributed by atoms with Gasteiger partial charge in [-0.3, -0.25) is 9.59 Å². The molecule has 1 aliphatic heterocycles. The second kappa shape index (κ2) is 8.13. The summed E-state index contributed by atoms with van der Waals surface area (Å²) in [6.07, 6.45) is 2.04. The smallest absolute Gasteiger partial charge is 0.261 e. The van der Waals surface area contributed by atoms with Crippen LogP contribution < -0.4 is 4.74 Å². The molecule has 6 heteroatoms. The fourth-order valence-corrected chi connectivity index (χ4v) is 3.74. The van der Waals surface area contributed by atoms with E-state index in [1.807, 2.05) is 30.2 Å². The summed E-state index contributed by atoms with van der Waals surface area (Å²) in [4.78, 5) is 27.0. The number of hydrogen-bond acceptors (Lipinski definition) is 3. The molecule has 0 fully saturated rings. The van der Waals surface area contributed by atoms with Crippen LogP contribution in [0.2, 0.25) is 5.02 Å². The van der Waals surface area contributed by atoms with Crippen molar-refractivity contribution in [1.82, 2.24) is 9.47 Å². The standard InChI is InChI=1S/C23H21ClN2O3/c1-16-21-3-2-12-25(21)13-14-26(16)22(27)15-29-20-10-6-18(7-11-20)23(28)17-4-8-19(24)9-5-17/h2-12,16H,13-15H2,1H3. The third kappa shape index (κ3) is 4.05. The molecule has 2 aromatic carbocycles. The van der Waals surface area contributed by atoms with Crippen LogP contribution in [-0.2, 0) is 11.3 Å². The number of fused-ring (bicyclic) bond motifs is 1. The van der Waals surface area contributed by atoms with Crippen LogP contribution in [-0.4, -0.2) is 34.3 Å². The molecule has 1 aliphatic rings. The summed E-state index contributed by atoms with van der Waals surface area (Å²) in [7, 11) is 0. The molecule has 0 spiro atoms. The Hall–Kier alpha value is -3.05. The van der Waals surface area contributed by atoms with Gasteiger partial charge in [0.2, 0.25) is 0 Å². The summed E-state index contributed by atoms with van der Waals surface area (Å²) in [5.74, 6) is 0.416. The van der Waals surface area contributed by atoms with Crippen LogP contribution >= 0.6 is 11.6 Å². The van der Waals surface area contributed by atoms with Crippen molar-refractivity contribution in [2.45, 2.75) is 19.5 Å². The normalized spacial score (nSPS) is 15.7. The van der Waals surface area contributed by atoms with Crippen molar-refractivity contribution in [2.24, 2.45) is 0 Å². The van der Waals surface area contributed by atoms with Crippen molar-refractivity contribution < 1.29 is 14.3 Å². The molecule has 4 rings (SSSR count). The largest absolute Gasteiger partial charge is 0.484 e. The molecule has 0 radical (unpaired) electrons. The molecule has 1 amide bonds. The highest BCUT2D eigenvalue weighted by atomic mass is 35.5. The Morgan fingerprint density at radius 1 is 1.00 bits per heavy atom. The topological polar surface area (TPSA) is 51.5 Å². The number of carbonyl (C=O) groups is 2. The fourth-order valence-electron chi connectivity index (χ4n) is 3.62. The monoisotopic (exact) mass is 408 g/mol. The fraction of sp³-hybridized carbons (Fsp3) is 0.217. The lowest BCUT2D eigenvalue weighted by Gasteiger charge is -2.34. The van der Waals surface area contributed by atoms with Crippen LogP contribution in [0.4, 0.5) is 0 Å². The Morgan fingerprint density at radius 2 is 1.66 bits per heavy atom. The molecule has 1 unspecified atom stereocenters. The lowest BCUT2D eigenvalue weighted by atomic mass is 10.0. The summed E-state index contributed by atoms with van der Waals surface area (Å²) in [5.41, 5.74) is 2.26. The summed E-state index contributed by atoms with van der Waals surface area (Å²) in [6.45, 7) is 3.45. The Kier molecular flexibility index (Phi) is 5.41. The van der Waals surface area contributed by atoms with Crippen LogP contribution in [0.5, 0.6) is 5.75 Å². The van der Waals surface area contributed by atoms with Gasteiger partial charge in [0.15, 0.2) is 12.4 Å². The van der Waals surface area contributed by atoms with Crippen LogP contribution in [0.15, 0.2) is 66.9 Å². The number of ketones is 1. The zero-order valence-corrected chi connectivity index (χ0v) is 16.8. The number of amides is 1. The van der Waals surface area contributed by atoms with Gasteiger partial charge in [0.25, 0.3) is 5.91 Å². The third-order valence-corrected chi connectivity index (χ3v) is 5.50. The van der Waals surface area contributed by atoms with Gasteiger partial charge < -0.3 is 14.2 Å². The number of rotatable bonds is 5. The van der Waals surface area contributed by atoms with Gasteiger partial charge in [-0.25, -0.2) is 0 Å². The van der Waals surface area contributed by atoms with Crippen LogP contribution in [0.25, 0.3) is 0 Å². The highest BCUT2D eigenvalue weighted by Crippen LogP contribution is 2.25. The van der Waals surface area contributed by atoms with E-state index < -0.39 is 0 Å². The van der Waals surface area contributed by atoms with E-state index in [1.54, 1.807) is 48.5 Å². The molecule has 5 nitrogen and oxygen atoms in total. The van der Waals surface area contributed by atoms with Crippen LogP contribution in [0.3, 0.4) is 0 Å². The number of aromatic nitrogens is 1. The van der Waals surface area contributed by atoms with Gasteiger partial charge in [0, 0.05) is 41.1 Å². The van der Waals surface area contributed by atoms with Crippen molar-refractivity contribution in [2.75, 3.05) is 13.2 Å². The van der Waals surface area contributed by atoms with Gasteiger partial charge in [-0.1, -0.05) is 11.6 Å². The maximum atomic E-state index is 12.6. The first kappa shape index (κ1) is 19.3. The lowest BCUT2D eigenvalue weighted by molar-refractivity contribution is -0.136. The zero-order valence-electron chi connectivity index (χ0n) is 16.0. The Balaban J connectivity index is 1.36. The molecule has 2 heterocycles. The van der Waals surface area contributed by atoms with Gasteiger partial charge in [-0.05, 0) is 67.6 Å². The molecule has 1 aromatic heterocycles. The minimum absolute atomic E-state index is 0.0224. The van der Waals surface area contributed by atoms with E-state index in [2.05, 4.69) is 4.57 Å². The Labute approximate surface area is 174 Å². The summed E-state index contributed by atoms with van der Waals surface area (Å²) < 4.78 is 7.84. The molecule has 3 aromatic rings. The molecule has 0 saturated heterocycles. The highest BCUT2D eigenvalue weighted by Gasteiger charge is 2.27.